The zero-order valence-electron chi connectivity index (χ0n) is 14.3. The molecule has 0 aliphatic heterocycles. The summed E-state index contributed by atoms with van der Waals surface area (Å²) < 4.78 is 5.23. The third-order valence-corrected chi connectivity index (χ3v) is 5.15. The molecule has 134 valence electrons. The van der Waals surface area contributed by atoms with E-state index in [1.807, 2.05) is 6.92 Å². The number of carbonyl (C=O) groups is 1. The van der Waals surface area contributed by atoms with E-state index in [0.29, 0.717) is 28.8 Å². The minimum Gasteiger partial charge on any atom is -0.495 e. The highest BCUT2D eigenvalue weighted by Gasteiger charge is 2.27. The van der Waals surface area contributed by atoms with Crippen molar-refractivity contribution in [1.82, 2.24) is 0 Å². The van der Waals surface area contributed by atoms with Crippen molar-refractivity contribution in [2.45, 2.75) is 57.6 Å². The number of aryl methyl sites for hydroxylation is 1. The first-order chi connectivity index (χ1) is 11.4. The number of benzene rings is 1. The number of aliphatic hydroxyl groups is 1. The zero-order valence-corrected chi connectivity index (χ0v) is 15.1. The molecule has 0 heterocycles. The van der Waals surface area contributed by atoms with Crippen LogP contribution in [0.5, 0.6) is 5.75 Å². The van der Waals surface area contributed by atoms with Crippen molar-refractivity contribution < 1.29 is 14.6 Å². The number of ether oxygens (including phenoxy) is 1. The highest BCUT2D eigenvalue weighted by molar-refractivity contribution is 6.31. The molecule has 2 atom stereocenters. The number of nitrogens with one attached hydrogen (secondary N) is 1. The van der Waals surface area contributed by atoms with E-state index >= 15 is 0 Å². The lowest BCUT2D eigenvalue weighted by atomic mass is 9.84. The van der Waals surface area contributed by atoms with Gasteiger partial charge in [-0.15, -0.1) is 0 Å². The van der Waals surface area contributed by atoms with Crippen LogP contribution in [0.4, 0.5) is 5.69 Å². The summed E-state index contributed by atoms with van der Waals surface area (Å²) in [5, 5.41) is 13.5. The second-order valence-electron chi connectivity index (χ2n) is 6.64. The third kappa shape index (κ3) is 4.85. The van der Waals surface area contributed by atoms with Crippen LogP contribution in [0.1, 0.15) is 44.1 Å². The van der Waals surface area contributed by atoms with Crippen molar-refractivity contribution in [2.75, 3.05) is 12.4 Å². The van der Waals surface area contributed by atoms with Gasteiger partial charge in [0.05, 0.1) is 12.8 Å². The number of halogens is 1. The number of aliphatic hydroxyl groups excluding tert-OH is 1. The number of amides is 1. The Hall–Kier alpha value is -1.30. The van der Waals surface area contributed by atoms with Gasteiger partial charge in [-0.25, -0.2) is 0 Å². The Kier molecular flexibility index (Phi) is 6.90. The van der Waals surface area contributed by atoms with Crippen LogP contribution >= 0.6 is 11.6 Å². The van der Waals surface area contributed by atoms with E-state index < -0.39 is 18.1 Å². The third-order valence-electron chi connectivity index (χ3n) is 4.74. The summed E-state index contributed by atoms with van der Waals surface area (Å²) in [7, 11) is 1.50. The van der Waals surface area contributed by atoms with E-state index in [1.165, 1.54) is 26.4 Å². The van der Waals surface area contributed by atoms with Crippen LogP contribution in [0.2, 0.25) is 5.02 Å². The largest absolute Gasteiger partial charge is 0.495 e. The van der Waals surface area contributed by atoms with Crippen LogP contribution in [0.15, 0.2) is 12.1 Å². The minimum atomic E-state index is -1.24. The lowest BCUT2D eigenvalue weighted by Crippen LogP contribution is -2.44. The van der Waals surface area contributed by atoms with Gasteiger partial charge >= 0.3 is 0 Å². The molecule has 4 N–H and O–H groups in total. The molecule has 5 nitrogen and oxygen atoms in total. The molecule has 1 saturated carbocycles. The Bertz CT molecular complexity index is 574. The van der Waals surface area contributed by atoms with Gasteiger partial charge in [0.2, 0.25) is 0 Å². The molecule has 1 aliphatic carbocycles. The van der Waals surface area contributed by atoms with Gasteiger partial charge in [0.1, 0.15) is 11.9 Å². The number of hydrogen-bond acceptors (Lipinski definition) is 4. The van der Waals surface area contributed by atoms with E-state index in [-0.39, 0.29) is 0 Å². The summed E-state index contributed by atoms with van der Waals surface area (Å²) >= 11 is 6.06. The van der Waals surface area contributed by atoms with E-state index in [0.717, 1.165) is 18.4 Å². The normalized spacial score (nSPS) is 18.0. The van der Waals surface area contributed by atoms with Crippen molar-refractivity contribution in [3.05, 3.63) is 22.7 Å². The monoisotopic (exact) mass is 354 g/mol. The molecule has 2 rings (SSSR count). The predicted octanol–water partition coefficient (Wildman–Crippen LogP) is 3.25. The van der Waals surface area contributed by atoms with Crippen LogP contribution in [-0.2, 0) is 4.79 Å². The summed E-state index contributed by atoms with van der Waals surface area (Å²) in [6.07, 6.45) is 5.38. The van der Waals surface area contributed by atoms with Crippen molar-refractivity contribution in [2.24, 2.45) is 11.7 Å². The maximum Gasteiger partial charge on any atom is 0.254 e. The molecule has 0 saturated heterocycles. The highest BCUT2D eigenvalue weighted by Crippen LogP contribution is 2.31. The lowest BCUT2D eigenvalue weighted by Gasteiger charge is -2.26. The highest BCUT2D eigenvalue weighted by atomic mass is 35.5. The van der Waals surface area contributed by atoms with Crippen LogP contribution in [-0.4, -0.2) is 30.3 Å². The molecule has 1 amide bonds. The minimum absolute atomic E-state index is 0.451. The number of rotatable bonds is 6. The molecular formula is C18H27ClN2O3. The Balaban J connectivity index is 1.99. The smallest absolute Gasteiger partial charge is 0.254 e. The van der Waals surface area contributed by atoms with Crippen molar-refractivity contribution >= 4 is 23.2 Å². The Morgan fingerprint density at radius 1 is 1.42 bits per heavy atom. The molecular weight excluding hydrogens is 328 g/mol. The van der Waals surface area contributed by atoms with Crippen LogP contribution in [0, 0.1) is 12.8 Å². The standard InChI is InChI=1S/C18H27ClN2O3/c1-11-8-15(16(24-2)10-13(11)19)21-18(23)17(22)14(20)9-12-6-4-3-5-7-12/h8,10,12,14,17,22H,3-7,9,20H2,1-2H3,(H,21,23)/t14-,17?/m1/s1. The predicted molar refractivity (Wildman–Crippen MR) is 96.5 cm³/mol. The van der Waals surface area contributed by atoms with Gasteiger partial charge in [-0.1, -0.05) is 43.7 Å². The zero-order chi connectivity index (χ0) is 17.7. The fourth-order valence-electron chi connectivity index (χ4n) is 3.27. The molecule has 1 unspecified atom stereocenters. The maximum absolute atomic E-state index is 12.3. The van der Waals surface area contributed by atoms with Crippen LogP contribution < -0.4 is 15.8 Å². The summed E-state index contributed by atoms with van der Waals surface area (Å²) in [4.78, 5) is 12.3. The second-order valence-corrected chi connectivity index (χ2v) is 7.05. The fourth-order valence-corrected chi connectivity index (χ4v) is 3.42. The summed E-state index contributed by atoms with van der Waals surface area (Å²) in [6, 6.07) is 2.80. The van der Waals surface area contributed by atoms with Crippen molar-refractivity contribution in [1.29, 1.82) is 0 Å². The molecule has 1 aromatic rings. The van der Waals surface area contributed by atoms with Gasteiger partial charge in [0.15, 0.2) is 0 Å². The maximum atomic E-state index is 12.3. The number of hydrogen-bond donors (Lipinski definition) is 3. The van der Waals surface area contributed by atoms with Crippen LogP contribution in [0.25, 0.3) is 0 Å². The topological polar surface area (TPSA) is 84.6 Å². The average molecular weight is 355 g/mol. The van der Waals surface area contributed by atoms with Gasteiger partial charge in [-0.3, -0.25) is 4.79 Å². The molecule has 0 aromatic heterocycles. The quantitative estimate of drug-likeness (QED) is 0.732. The fraction of sp³-hybridized carbons (Fsp3) is 0.611. The molecule has 1 aromatic carbocycles. The molecule has 1 fully saturated rings. The van der Waals surface area contributed by atoms with E-state index in [4.69, 9.17) is 22.1 Å². The Morgan fingerprint density at radius 2 is 2.08 bits per heavy atom. The van der Waals surface area contributed by atoms with Gasteiger partial charge < -0.3 is 20.9 Å². The van der Waals surface area contributed by atoms with Crippen LogP contribution in [0.3, 0.4) is 0 Å². The van der Waals surface area contributed by atoms with E-state index in [1.54, 1.807) is 12.1 Å². The van der Waals surface area contributed by atoms with Gasteiger partial charge in [0.25, 0.3) is 5.91 Å². The van der Waals surface area contributed by atoms with Gasteiger partial charge in [0, 0.05) is 17.1 Å². The van der Waals surface area contributed by atoms with E-state index in [9.17, 15) is 9.90 Å². The molecule has 24 heavy (non-hydrogen) atoms. The summed E-state index contributed by atoms with van der Waals surface area (Å²) in [6.45, 7) is 1.84. The molecule has 6 heteroatoms. The second kappa shape index (κ2) is 8.70. The van der Waals surface area contributed by atoms with Crippen molar-refractivity contribution in [3.8, 4) is 5.75 Å². The van der Waals surface area contributed by atoms with E-state index in [2.05, 4.69) is 5.32 Å². The molecule has 1 aliphatic rings. The lowest BCUT2D eigenvalue weighted by molar-refractivity contribution is -0.125. The number of carbonyl (C=O) groups excluding carboxylic acids is 1. The molecule has 0 spiro atoms. The molecule has 0 radical (unpaired) electrons. The van der Waals surface area contributed by atoms with Gasteiger partial charge in [-0.2, -0.15) is 0 Å². The number of nitrogens with two attached hydrogens (primary N) is 1. The van der Waals surface area contributed by atoms with Gasteiger partial charge in [-0.05, 0) is 30.9 Å². The average Bonchev–Trinajstić information content (AvgIpc) is 2.58. The summed E-state index contributed by atoms with van der Waals surface area (Å²) in [5.74, 6) is 0.439. The number of anilines is 1. The molecule has 0 bridgehead atoms. The summed E-state index contributed by atoms with van der Waals surface area (Å²) in [5.41, 5.74) is 7.36. The number of methoxy groups -OCH3 is 1. The first-order valence-electron chi connectivity index (χ1n) is 8.51. The first kappa shape index (κ1) is 19.0. The Morgan fingerprint density at radius 3 is 2.71 bits per heavy atom. The van der Waals surface area contributed by atoms with Crippen molar-refractivity contribution in [3.63, 3.8) is 0 Å². The first-order valence-corrected chi connectivity index (χ1v) is 8.88. The Labute approximate surface area is 148 Å². The SMILES string of the molecule is COc1cc(Cl)c(C)cc1NC(=O)C(O)[C@H](N)CC1CCCCC1.